The summed E-state index contributed by atoms with van der Waals surface area (Å²) in [4.78, 5) is 0. The Morgan fingerprint density at radius 1 is 1.33 bits per heavy atom. The van der Waals surface area contributed by atoms with E-state index in [1.54, 1.807) is 14.2 Å². The Kier molecular flexibility index (Phi) is 8.27. The van der Waals surface area contributed by atoms with Crippen LogP contribution in [0, 0.1) is 5.92 Å². The van der Waals surface area contributed by atoms with Crippen molar-refractivity contribution in [3.05, 3.63) is 0 Å². The molecule has 1 atom stereocenters. The topological polar surface area (TPSA) is 56.5 Å². The minimum atomic E-state index is -1.91. The number of nitrogens with two attached hydrogens (primary N) is 1. The fourth-order valence-electron chi connectivity index (χ4n) is 1.74. The molecule has 0 heterocycles. The number of hydrogen-bond acceptors (Lipinski definition) is 4. The van der Waals surface area contributed by atoms with Gasteiger partial charge in [0.1, 0.15) is 0 Å². The van der Waals surface area contributed by atoms with Crippen LogP contribution in [0.5, 0.6) is 0 Å². The monoisotopic (exact) mass is 234 g/mol. The minimum Gasteiger partial charge on any atom is -0.398 e. The Labute approximate surface area is 94.8 Å². The molecule has 0 aliphatic heterocycles. The third kappa shape index (κ3) is 5.63. The van der Waals surface area contributed by atoms with Crippen molar-refractivity contribution in [3.8, 4) is 0 Å². The molecular formula is C10H26N2O2Si. The normalized spacial score (nSPS) is 14.2. The van der Waals surface area contributed by atoms with E-state index >= 15 is 0 Å². The molecule has 0 saturated carbocycles. The zero-order valence-corrected chi connectivity index (χ0v) is 11.5. The summed E-state index contributed by atoms with van der Waals surface area (Å²) in [5, 5.41) is 3.32. The summed E-state index contributed by atoms with van der Waals surface area (Å²) in [6.45, 7) is 6.92. The van der Waals surface area contributed by atoms with Crippen LogP contribution in [0.4, 0.5) is 0 Å². The van der Waals surface area contributed by atoms with Crippen LogP contribution in [-0.2, 0) is 8.85 Å². The summed E-state index contributed by atoms with van der Waals surface area (Å²) >= 11 is 0. The Bertz CT molecular complexity index is 146. The van der Waals surface area contributed by atoms with Gasteiger partial charge in [-0.05, 0) is 24.6 Å². The molecule has 5 heteroatoms. The van der Waals surface area contributed by atoms with Gasteiger partial charge >= 0.3 is 8.56 Å². The van der Waals surface area contributed by atoms with Gasteiger partial charge in [0.15, 0.2) is 0 Å². The maximum Gasteiger partial charge on any atom is 0.337 e. The molecule has 0 saturated heterocycles. The summed E-state index contributed by atoms with van der Waals surface area (Å²) in [7, 11) is 1.61. The molecule has 92 valence electrons. The van der Waals surface area contributed by atoms with E-state index in [0.29, 0.717) is 12.5 Å². The predicted molar refractivity (Wildman–Crippen MR) is 66.1 cm³/mol. The van der Waals surface area contributed by atoms with Crippen LogP contribution in [-0.4, -0.2) is 42.4 Å². The molecule has 15 heavy (non-hydrogen) atoms. The minimum absolute atomic E-state index is 0.572. The highest BCUT2D eigenvalue weighted by Crippen LogP contribution is 2.21. The van der Waals surface area contributed by atoms with Crippen LogP contribution in [0.3, 0.4) is 0 Å². The number of hydrogen-bond donors (Lipinski definition) is 2. The van der Waals surface area contributed by atoms with Gasteiger partial charge in [-0.1, -0.05) is 13.8 Å². The maximum atomic E-state index is 5.58. The van der Waals surface area contributed by atoms with Crippen LogP contribution in [0.15, 0.2) is 0 Å². The molecule has 0 amide bonds. The van der Waals surface area contributed by atoms with Crippen LogP contribution in [0.1, 0.15) is 13.8 Å². The van der Waals surface area contributed by atoms with Gasteiger partial charge < -0.3 is 19.9 Å². The summed E-state index contributed by atoms with van der Waals surface area (Å²) in [5.41, 5.74) is 5.42. The molecule has 0 aliphatic rings. The third-order valence-electron chi connectivity index (χ3n) is 2.76. The molecule has 0 aliphatic carbocycles. The molecule has 0 bridgehead atoms. The number of nitrogens with one attached hydrogen (secondary N) is 1. The van der Waals surface area contributed by atoms with Crippen molar-refractivity contribution in [1.82, 2.24) is 5.32 Å². The summed E-state index contributed by atoms with van der Waals surface area (Å²) in [5.74, 6) is 0.572. The van der Waals surface area contributed by atoms with E-state index in [1.807, 2.05) is 0 Å². The highest BCUT2D eigenvalue weighted by Gasteiger charge is 2.34. The molecule has 0 fully saturated rings. The lowest BCUT2D eigenvalue weighted by Gasteiger charge is -2.28. The largest absolute Gasteiger partial charge is 0.398 e. The fraction of sp³-hybridized carbons (Fsp3) is 1.00. The second-order valence-electron chi connectivity index (χ2n) is 3.97. The zero-order valence-electron chi connectivity index (χ0n) is 10.5. The first-order chi connectivity index (χ1) is 7.14. The van der Waals surface area contributed by atoms with E-state index in [1.165, 1.54) is 0 Å². The number of rotatable bonds is 9. The van der Waals surface area contributed by atoms with Crippen molar-refractivity contribution in [2.45, 2.75) is 25.9 Å². The summed E-state index contributed by atoms with van der Waals surface area (Å²) in [6.07, 6.45) is 0. The maximum absolute atomic E-state index is 5.58. The molecule has 0 aromatic rings. The molecule has 1 unspecified atom stereocenters. The molecular weight excluding hydrogens is 208 g/mol. The van der Waals surface area contributed by atoms with Gasteiger partial charge in [0.05, 0.1) is 0 Å². The Morgan fingerprint density at radius 2 is 1.93 bits per heavy atom. The third-order valence-corrected chi connectivity index (χ3v) is 6.64. The van der Waals surface area contributed by atoms with E-state index in [-0.39, 0.29) is 0 Å². The fourth-order valence-corrected chi connectivity index (χ4v) is 4.31. The van der Waals surface area contributed by atoms with Crippen LogP contribution >= 0.6 is 0 Å². The standard InChI is InChI=1S/C10H26N2O2Si/c1-5-15(13-3,14-4)9-10(2)8-12-7-6-11/h10,12H,5-9,11H2,1-4H3. The van der Waals surface area contributed by atoms with Crippen LogP contribution in [0.25, 0.3) is 0 Å². The van der Waals surface area contributed by atoms with Gasteiger partial charge in [0, 0.05) is 27.3 Å². The van der Waals surface area contributed by atoms with E-state index in [4.69, 9.17) is 14.6 Å². The average molecular weight is 234 g/mol. The smallest absolute Gasteiger partial charge is 0.337 e. The van der Waals surface area contributed by atoms with Gasteiger partial charge in [-0.15, -0.1) is 0 Å². The van der Waals surface area contributed by atoms with Crippen molar-refractivity contribution < 1.29 is 8.85 Å². The highest BCUT2D eigenvalue weighted by molar-refractivity contribution is 6.67. The van der Waals surface area contributed by atoms with Crippen molar-refractivity contribution in [3.63, 3.8) is 0 Å². The molecule has 0 rings (SSSR count). The first-order valence-corrected chi connectivity index (χ1v) is 7.88. The predicted octanol–water partition coefficient (Wildman–Crippen LogP) is 0.926. The van der Waals surface area contributed by atoms with Gasteiger partial charge in [0.2, 0.25) is 0 Å². The Morgan fingerprint density at radius 3 is 2.33 bits per heavy atom. The van der Waals surface area contributed by atoms with Crippen molar-refractivity contribution in [2.24, 2.45) is 11.7 Å². The lowest BCUT2D eigenvalue weighted by molar-refractivity contribution is 0.235. The molecule has 0 aromatic heterocycles. The molecule has 0 aromatic carbocycles. The Balaban J connectivity index is 3.94. The lowest BCUT2D eigenvalue weighted by atomic mass is 10.2. The molecule has 0 spiro atoms. The van der Waals surface area contributed by atoms with E-state index in [9.17, 15) is 0 Å². The van der Waals surface area contributed by atoms with Crippen molar-refractivity contribution >= 4 is 8.56 Å². The van der Waals surface area contributed by atoms with Crippen molar-refractivity contribution in [2.75, 3.05) is 33.9 Å². The second kappa shape index (κ2) is 8.24. The molecule has 4 nitrogen and oxygen atoms in total. The molecule has 0 radical (unpaired) electrons. The quantitative estimate of drug-likeness (QED) is 0.460. The van der Waals surface area contributed by atoms with Crippen molar-refractivity contribution in [1.29, 1.82) is 0 Å². The van der Waals surface area contributed by atoms with E-state index < -0.39 is 8.56 Å². The van der Waals surface area contributed by atoms with Gasteiger partial charge in [-0.25, -0.2) is 0 Å². The first kappa shape index (κ1) is 15.1. The second-order valence-corrected chi connectivity index (χ2v) is 7.73. The van der Waals surface area contributed by atoms with Gasteiger partial charge in [0.25, 0.3) is 0 Å². The van der Waals surface area contributed by atoms with Gasteiger partial charge in [-0.2, -0.15) is 0 Å². The lowest BCUT2D eigenvalue weighted by Crippen LogP contribution is -2.42. The highest BCUT2D eigenvalue weighted by atomic mass is 28.4. The van der Waals surface area contributed by atoms with E-state index in [0.717, 1.165) is 25.2 Å². The molecule has 3 N–H and O–H groups in total. The van der Waals surface area contributed by atoms with Crippen LogP contribution in [0.2, 0.25) is 12.1 Å². The average Bonchev–Trinajstić information content (AvgIpc) is 2.26. The SMILES string of the molecule is CC[Si](CC(C)CNCCN)(OC)OC. The van der Waals surface area contributed by atoms with E-state index in [2.05, 4.69) is 19.2 Å². The summed E-state index contributed by atoms with van der Waals surface area (Å²) < 4.78 is 11.2. The first-order valence-electron chi connectivity index (χ1n) is 5.65. The summed E-state index contributed by atoms with van der Waals surface area (Å²) in [6, 6.07) is 2.04. The zero-order chi connectivity index (χ0) is 11.7. The van der Waals surface area contributed by atoms with Crippen LogP contribution < -0.4 is 11.1 Å². The Hall–Kier alpha value is 0.0569. The van der Waals surface area contributed by atoms with Gasteiger partial charge in [-0.3, -0.25) is 0 Å².